The molecule has 3 rings (SSSR count). The molecule has 1 atom stereocenters. The van der Waals surface area contributed by atoms with Crippen LogP contribution in [-0.4, -0.2) is 22.1 Å². The Balaban J connectivity index is 1.70. The molecule has 4 nitrogen and oxygen atoms in total. The van der Waals surface area contributed by atoms with Gasteiger partial charge in [0.05, 0.1) is 6.54 Å². The summed E-state index contributed by atoms with van der Waals surface area (Å²) in [5, 5.41) is 13.5. The maximum Gasteiger partial charge on any atom is 0.251 e. The highest BCUT2D eigenvalue weighted by atomic mass is 79.9. The number of aromatic nitrogens is 1. The van der Waals surface area contributed by atoms with Crippen molar-refractivity contribution >= 4 is 21.8 Å². The summed E-state index contributed by atoms with van der Waals surface area (Å²) in [5.41, 5.74) is 1.07. The molecule has 0 saturated carbocycles. The highest BCUT2D eigenvalue weighted by Crippen LogP contribution is 2.22. The number of nitrogens with one attached hydrogen (secondary N) is 1. The third-order valence-corrected chi connectivity index (χ3v) is 4.60. The summed E-state index contributed by atoms with van der Waals surface area (Å²) >= 11 is 3.37. The third-order valence-electron chi connectivity index (χ3n) is 4.07. The molecule has 0 spiro atoms. The molecule has 25 heavy (non-hydrogen) atoms. The fraction of sp³-hybridized carbons (Fsp3) is 0.150. The van der Waals surface area contributed by atoms with Crippen LogP contribution in [0.1, 0.15) is 22.8 Å². The van der Waals surface area contributed by atoms with Gasteiger partial charge in [0, 0.05) is 28.1 Å². The molecule has 0 fully saturated rings. The number of nitrogens with zero attached hydrogens (tertiary/aromatic N) is 1. The fourth-order valence-electron chi connectivity index (χ4n) is 2.58. The first-order chi connectivity index (χ1) is 12.0. The van der Waals surface area contributed by atoms with E-state index in [2.05, 4.69) is 21.2 Å². The molecule has 5 heteroatoms. The Morgan fingerprint density at radius 1 is 1.12 bits per heavy atom. The summed E-state index contributed by atoms with van der Waals surface area (Å²) in [7, 11) is 0. The molecular weight excluding hydrogens is 380 g/mol. The monoisotopic (exact) mass is 398 g/mol. The summed E-state index contributed by atoms with van der Waals surface area (Å²) in [6, 6.07) is 18.6. The third kappa shape index (κ3) is 4.18. The smallest absolute Gasteiger partial charge is 0.251 e. The van der Waals surface area contributed by atoms with Crippen LogP contribution in [0.2, 0.25) is 0 Å². The molecule has 0 bridgehead atoms. The van der Waals surface area contributed by atoms with Gasteiger partial charge >= 0.3 is 0 Å². The number of hydrogen-bond acceptors (Lipinski definition) is 2. The van der Waals surface area contributed by atoms with E-state index in [0.29, 0.717) is 5.56 Å². The van der Waals surface area contributed by atoms with E-state index >= 15 is 0 Å². The normalized spacial score (nSPS) is 13.2. The molecule has 1 aromatic heterocycles. The Bertz CT molecular complexity index is 856. The highest BCUT2D eigenvalue weighted by molar-refractivity contribution is 9.10. The van der Waals surface area contributed by atoms with Crippen LogP contribution in [0.5, 0.6) is 0 Å². The van der Waals surface area contributed by atoms with Crippen LogP contribution < -0.4 is 5.32 Å². The summed E-state index contributed by atoms with van der Waals surface area (Å²) in [4.78, 5) is 12.5. The number of rotatable bonds is 5. The van der Waals surface area contributed by atoms with E-state index in [-0.39, 0.29) is 12.5 Å². The van der Waals surface area contributed by atoms with Gasteiger partial charge in [0.15, 0.2) is 0 Å². The van der Waals surface area contributed by atoms with Crippen molar-refractivity contribution in [2.45, 2.75) is 12.5 Å². The standard InChI is InChI=1S/C20H19BrN2O2/c1-20(25,16-7-9-17(21)10-8-16)14-22-19(24)15-5-4-6-18(13-15)23-11-2-3-12-23/h2-13,25H,14H2,1H3,(H,22,24). The Morgan fingerprint density at radius 3 is 2.48 bits per heavy atom. The first kappa shape index (κ1) is 17.5. The van der Waals surface area contributed by atoms with Crippen LogP contribution in [0, 0.1) is 0 Å². The van der Waals surface area contributed by atoms with Crippen LogP contribution in [0.25, 0.3) is 5.69 Å². The Kier molecular flexibility index (Phi) is 5.06. The Labute approximate surface area is 155 Å². The Morgan fingerprint density at radius 2 is 1.80 bits per heavy atom. The molecule has 0 radical (unpaired) electrons. The molecule has 0 aliphatic carbocycles. The van der Waals surface area contributed by atoms with Gasteiger partial charge in [-0.05, 0) is 55.0 Å². The number of carbonyl (C=O) groups is 1. The first-order valence-electron chi connectivity index (χ1n) is 7.96. The van der Waals surface area contributed by atoms with Crippen LogP contribution in [-0.2, 0) is 5.60 Å². The molecule has 0 saturated heterocycles. The van der Waals surface area contributed by atoms with E-state index in [0.717, 1.165) is 15.7 Å². The predicted octanol–water partition coefficient (Wildman–Crippen LogP) is 3.88. The van der Waals surface area contributed by atoms with Crippen molar-refractivity contribution in [1.82, 2.24) is 9.88 Å². The van der Waals surface area contributed by atoms with Gasteiger partial charge in [0.25, 0.3) is 5.91 Å². The number of hydrogen-bond donors (Lipinski definition) is 2. The molecule has 2 N–H and O–H groups in total. The summed E-state index contributed by atoms with van der Waals surface area (Å²) in [6.45, 7) is 1.81. The molecular formula is C20H19BrN2O2. The summed E-state index contributed by atoms with van der Waals surface area (Å²) in [6.07, 6.45) is 3.85. The van der Waals surface area contributed by atoms with Gasteiger partial charge in [-0.25, -0.2) is 0 Å². The van der Waals surface area contributed by atoms with Gasteiger partial charge in [-0.3, -0.25) is 4.79 Å². The van der Waals surface area contributed by atoms with Gasteiger partial charge in [-0.15, -0.1) is 0 Å². The van der Waals surface area contributed by atoms with Gasteiger partial charge in [0.2, 0.25) is 0 Å². The maximum atomic E-state index is 12.5. The molecule has 1 unspecified atom stereocenters. The quantitative estimate of drug-likeness (QED) is 0.684. The molecule has 0 aliphatic rings. The van der Waals surface area contributed by atoms with E-state index in [1.54, 1.807) is 13.0 Å². The van der Waals surface area contributed by atoms with E-state index < -0.39 is 5.60 Å². The second-order valence-corrected chi connectivity index (χ2v) is 7.02. The molecule has 1 heterocycles. The minimum atomic E-state index is -1.14. The molecule has 3 aromatic rings. The minimum absolute atomic E-state index is 0.126. The van der Waals surface area contributed by atoms with Crippen molar-refractivity contribution in [2.24, 2.45) is 0 Å². The van der Waals surface area contributed by atoms with Crippen molar-refractivity contribution in [3.8, 4) is 5.69 Å². The SMILES string of the molecule is CC(O)(CNC(=O)c1cccc(-n2cccc2)c1)c1ccc(Br)cc1. The summed E-state index contributed by atoms with van der Waals surface area (Å²) in [5.74, 6) is -0.216. The van der Waals surface area contributed by atoms with Crippen molar-refractivity contribution in [3.63, 3.8) is 0 Å². The van der Waals surface area contributed by atoms with Crippen molar-refractivity contribution in [3.05, 3.63) is 88.7 Å². The zero-order valence-corrected chi connectivity index (χ0v) is 15.4. The second-order valence-electron chi connectivity index (χ2n) is 6.10. The van der Waals surface area contributed by atoms with Crippen LogP contribution in [0.15, 0.2) is 77.5 Å². The number of halogens is 1. The zero-order chi connectivity index (χ0) is 17.9. The lowest BCUT2D eigenvalue weighted by Crippen LogP contribution is -2.38. The second kappa shape index (κ2) is 7.25. The van der Waals surface area contributed by atoms with Crippen molar-refractivity contribution in [2.75, 3.05) is 6.54 Å². The average molecular weight is 399 g/mol. The highest BCUT2D eigenvalue weighted by Gasteiger charge is 2.24. The first-order valence-corrected chi connectivity index (χ1v) is 8.75. The van der Waals surface area contributed by atoms with Crippen molar-refractivity contribution < 1.29 is 9.90 Å². The minimum Gasteiger partial charge on any atom is -0.384 e. The van der Waals surface area contributed by atoms with E-state index in [1.807, 2.05) is 71.6 Å². The lowest BCUT2D eigenvalue weighted by Gasteiger charge is -2.24. The van der Waals surface area contributed by atoms with Crippen LogP contribution in [0.3, 0.4) is 0 Å². The van der Waals surface area contributed by atoms with Gasteiger partial charge in [0.1, 0.15) is 5.60 Å². The average Bonchev–Trinajstić information content (AvgIpc) is 3.15. The molecule has 2 aromatic carbocycles. The van der Waals surface area contributed by atoms with E-state index in [4.69, 9.17) is 0 Å². The predicted molar refractivity (Wildman–Crippen MR) is 102 cm³/mol. The van der Waals surface area contributed by atoms with Crippen molar-refractivity contribution in [1.29, 1.82) is 0 Å². The topological polar surface area (TPSA) is 54.3 Å². The molecule has 1 amide bonds. The van der Waals surface area contributed by atoms with Crippen LogP contribution in [0.4, 0.5) is 0 Å². The van der Waals surface area contributed by atoms with E-state index in [9.17, 15) is 9.90 Å². The molecule has 128 valence electrons. The maximum absolute atomic E-state index is 12.5. The zero-order valence-electron chi connectivity index (χ0n) is 13.8. The number of amides is 1. The van der Waals surface area contributed by atoms with E-state index in [1.165, 1.54) is 0 Å². The number of benzene rings is 2. The lowest BCUT2D eigenvalue weighted by atomic mass is 9.96. The Hall–Kier alpha value is -2.37. The van der Waals surface area contributed by atoms with Gasteiger partial charge in [-0.2, -0.15) is 0 Å². The summed E-state index contributed by atoms with van der Waals surface area (Å²) < 4.78 is 2.88. The van der Waals surface area contributed by atoms with Gasteiger partial charge < -0.3 is 15.0 Å². The largest absolute Gasteiger partial charge is 0.384 e. The number of carbonyl (C=O) groups excluding carboxylic acids is 1. The number of aliphatic hydroxyl groups is 1. The lowest BCUT2D eigenvalue weighted by molar-refractivity contribution is 0.0526. The van der Waals surface area contributed by atoms with Crippen LogP contribution >= 0.6 is 15.9 Å². The van der Waals surface area contributed by atoms with Gasteiger partial charge in [-0.1, -0.05) is 34.1 Å². The fourth-order valence-corrected chi connectivity index (χ4v) is 2.84. The molecule has 0 aliphatic heterocycles.